The Morgan fingerprint density at radius 2 is 1.88 bits per heavy atom. The van der Waals surface area contributed by atoms with Gasteiger partial charge in [0, 0.05) is 30.0 Å². The third kappa shape index (κ3) is 5.58. The van der Waals surface area contributed by atoms with Gasteiger partial charge >= 0.3 is 0 Å². The number of benzene rings is 2. The van der Waals surface area contributed by atoms with Crippen molar-refractivity contribution in [1.82, 2.24) is 10.3 Å². The zero-order valence-corrected chi connectivity index (χ0v) is 20.0. The molecule has 2 aromatic heterocycles. The second kappa shape index (κ2) is 10.0. The molecule has 2 amide bonds. The summed E-state index contributed by atoms with van der Waals surface area (Å²) in [6.07, 6.45) is 1.72. The molecule has 8 heteroatoms. The third-order valence-electron chi connectivity index (χ3n) is 5.40. The van der Waals surface area contributed by atoms with Crippen LogP contribution in [0.25, 0.3) is 22.2 Å². The third-order valence-corrected chi connectivity index (χ3v) is 6.15. The molecule has 0 bridgehead atoms. The number of nitrogens with zero attached hydrogens (tertiary/aromatic N) is 1. The van der Waals surface area contributed by atoms with E-state index in [-0.39, 0.29) is 23.1 Å². The van der Waals surface area contributed by atoms with Crippen LogP contribution in [0.3, 0.4) is 0 Å². The molecule has 7 nitrogen and oxygen atoms in total. The lowest BCUT2D eigenvalue weighted by molar-refractivity contribution is -0.119. The minimum absolute atomic E-state index is 0.0212. The number of nitrogens with one attached hydrogen (secondary N) is 2. The highest BCUT2D eigenvalue weighted by molar-refractivity contribution is 7.14. The van der Waals surface area contributed by atoms with E-state index in [9.17, 15) is 14.4 Å². The molecule has 0 aliphatic carbocycles. The Morgan fingerprint density at radius 3 is 2.62 bits per heavy atom. The molecule has 4 aromatic rings. The molecule has 0 aliphatic rings. The lowest BCUT2D eigenvalue weighted by Gasteiger charge is -2.12. The average molecular weight is 476 g/mol. The molecule has 0 aliphatic heterocycles. The van der Waals surface area contributed by atoms with E-state index < -0.39 is 5.91 Å². The van der Waals surface area contributed by atoms with Gasteiger partial charge in [-0.25, -0.2) is 4.98 Å². The summed E-state index contributed by atoms with van der Waals surface area (Å²) in [6, 6.07) is 14.6. The highest BCUT2D eigenvalue weighted by Gasteiger charge is 2.15. The van der Waals surface area contributed by atoms with E-state index in [4.69, 9.17) is 4.42 Å². The quantitative estimate of drug-likeness (QED) is 0.394. The summed E-state index contributed by atoms with van der Waals surface area (Å²) in [5.41, 5.74) is 3.90. The van der Waals surface area contributed by atoms with E-state index in [0.717, 1.165) is 29.7 Å². The van der Waals surface area contributed by atoms with Crippen molar-refractivity contribution in [3.8, 4) is 11.3 Å². The van der Waals surface area contributed by atoms with Gasteiger partial charge in [0.05, 0.1) is 11.1 Å². The van der Waals surface area contributed by atoms with Gasteiger partial charge in [-0.15, -0.1) is 11.3 Å². The molecule has 0 fully saturated rings. The SMILES string of the molecule is CC(=O)N[C@@H](C)CCc1ccc(-c2csc(NC(=O)c3cc(=O)c4cc(C)ccc4o3)n2)cc1. The number of anilines is 1. The molecule has 0 radical (unpaired) electrons. The van der Waals surface area contributed by atoms with Crippen LogP contribution in [0.2, 0.25) is 0 Å². The van der Waals surface area contributed by atoms with Crippen LogP contribution >= 0.6 is 11.3 Å². The number of aromatic nitrogens is 1. The van der Waals surface area contributed by atoms with Crippen molar-refractivity contribution in [2.45, 2.75) is 39.7 Å². The number of rotatable bonds is 7. The zero-order chi connectivity index (χ0) is 24.2. The van der Waals surface area contributed by atoms with Crippen LogP contribution in [-0.4, -0.2) is 22.8 Å². The number of fused-ring (bicyclic) bond motifs is 1. The van der Waals surface area contributed by atoms with Gasteiger partial charge in [-0.1, -0.05) is 35.9 Å². The topological polar surface area (TPSA) is 101 Å². The summed E-state index contributed by atoms with van der Waals surface area (Å²) < 4.78 is 5.64. The van der Waals surface area contributed by atoms with Crippen LogP contribution in [0.5, 0.6) is 0 Å². The fourth-order valence-electron chi connectivity index (χ4n) is 3.65. The molecule has 0 unspecified atom stereocenters. The van der Waals surface area contributed by atoms with Gasteiger partial charge in [0.1, 0.15) is 5.58 Å². The van der Waals surface area contributed by atoms with Gasteiger partial charge in [-0.05, 0) is 44.4 Å². The monoisotopic (exact) mass is 475 g/mol. The van der Waals surface area contributed by atoms with E-state index in [2.05, 4.69) is 15.6 Å². The van der Waals surface area contributed by atoms with Gasteiger partial charge in [0.15, 0.2) is 16.3 Å². The first-order chi connectivity index (χ1) is 16.3. The number of hydrogen-bond acceptors (Lipinski definition) is 6. The van der Waals surface area contributed by atoms with Gasteiger partial charge in [0.25, 0.3) is 5.91 Å². The fraction of sp³-hybridized carbons (Fsp3) is 0.231. The highest BCUT2D eigenvalue weighted by atomic mass is 32.1. The van der Waals surface area contributed by atoms with Crippen LogP contribution in [0, 0.1) is 6.92 Å². The first-order valence-electron chi connectivity index (χ1n) is 11.0. The maximum absolute atomic E-state index is 12.7. The molecule has 1 atom stereocenters. The Bertz CT molecular complexity index is 1410. The smallest absolute Gasteiger partial charge is 0.293 e. The predicted molar refractivity (Wildman–Crippen MR) is 134 cm³/mol. The fourth-order valence-corrected chi connectivity index (χ4v) is 4.36. The van der Waals surface area contributed by atoms with E-state index in [1.807, 2.05) is 49.6 Å². The molecule has 34 heavy (non-hydrogen) atoms. The molecule has 2 heterocycles. The summed E-state index contributed by atoms with van der Waals surface area (Å²) in [4.78, 5) is 40.7. The summed E-state index contributed by atoms with van der Waals surface area (Å²) in [5, 5.41) is 8.33. The maximum Gasteiger partial charge on any atom is 0.293 e. The molecule has 2 aromatic carbocycles. The van der Waals surface area contributed by atoms with Gasteiger partial charge in [0.2, 0.25) is 5.91 Å². The van der Waals surface area contributed by atoms with Crippen molar-refractivity contribution in [3.05, 3.63) is 81.0 Å². The van der Waals surface area contributed by atoms with Crippen LogP contribution < -0.4 is 16.1 Å². The Balaban J connectivity index is 1.42. The zero-order valence-electron chi connectivity index (χ0n) is 19.2. The molecular formula is C26H25N3O4S. The van der Waals surface area contributed by atoms with Gasteiger partial charge in [-0.2, -0.15) is 0 Å². The number of aryl methyl sites for hydroxylation is 2. The number of carbonyl (C=O) groups excluding carboxylic acids is 2. The summed E-state index contributed by atoms with van der Waals surface area (Å²) >= 11 is 1.30. The molecule has 2 N–H and O–H groups in total. The van der Waals surface area contributed by atoms with Crippen LogP contribution in [0.4, 0.5) is 5.13 Å². The van der Waals surface area contributed by atoms with Crippen molar-refractivity contribution in [1.29, 1.82) is 0 Å². The standard InChI is InChI=1S/C26H25N3O4S/c1-15-4-11-23-20(12-15)22(31)13-24(33-23)25(32)29-26-28-21(14-34-26)19-9-7-18(8-10-19)6-5-16(2)27-17(3)30/h4,7-14,16H,5-6H2,1-3H3,(H,27,30)(H,28,29,32)/t16-/m0/s1. The Hall–Kier alpha value is -3.78. The predicted octanol–water partition coefficient (Wildman–Crippen LogP) is 4.93. The lowest BCUT2D eigenvalue weighted by atomic mass is 10.0. The summed E-state index contributed by atoms with van der Waals surface area (Å²) in [6.45, 7) is 5.40. The second-order valence-corrected chi connectivity index (χ2v) is 9.16. The summed E-state index contributed by atoms with van der Waals surface area (Å²) in [5.74, 6) is -0.604. The largest absolute Gasteiger partial charge is 0.451 e. The first-order valence-corrected chi connectivity index (χ1v) is 11.8. The highest BCUT2D eigenvalue weighted by Crippen LogP contribution is 2.26. The molecule has 174 valence electrons. The minimum Gasteiger partial charge on any atom is -0.451 e. The van der Waals surface area contributed by atoms with Crippen LogP contribution in [0.15, 0.2) is 63.1 Å². The van der Waals surface area contributed by atoms with E-state index in [0.29, 0.717) is 16.1 Å². The van der Waals surface area contributed by atoms with Crippen molar-refractivity contribution < 1.29 is 14.0 Å². The summed E-state index contributed by atoms with van der Waals surface area (Å²) in [7, 11) is 0. The van der Waals surface area contributed by atoms with Crippen LogP contribution in [0.1, 0.15) is 41.9 Å². The number of amides is 2. The van der Waals surface area contributed by atoms with E-state index in [1.54, 1.807) is 12.1 Å². The Morgan fingerprint density at radius 1 is 1.12 bits per heavy atom. The molecule has 4 rings (SSSR count). The number of thiazole rings is 1. The lowest BCUT2D eigenvalue weighted by Crippen LogP contribution is -2.30. The van der Waals surface area contributed by atoms with E-state index >= 15 is 0 Å². The minimum atomic E-state index is -0.524. The molecule has 0 spiro atoms. The molecule has 0 saturated heterocycles. The second-order valence-electron chi connectivity index (χ2n) is 8.30. The number of hydrogen-bond donors (Lipinski definition) is 2. The normalized spacial score (nSPS) is 11.9. The maximum atomic E-state index is 12.7. The van der Waals surface area contributed by atoms with Crippen molar-refractivity contribution in [2.75, 3.05) is 5.32 Å². The number of carbonyl (C=O) groups is 2. The first kappa shape index (κ1) is 23.4. The van der Waals surface area contributed by atoms with Crippen LogP contribution in [-0.2, 0) is 11.2 Å². The Labute approximate surface area is 200 Å². The van der Waals surface area contributed by atoms with Crippen molar-refractivity contribution in [2.24, 2.45) is 0 Å². The van der Waals surface area contributed by atoms with Crippen molar-refractivity contribution >= 4 is 39.3 Å². The Kier molecular flexibility index (Phi) is 6.88. The van der Waals surface area contributed by atoms with E-state index in [1.165, 1.54) is 29.9 Å². The van der Waals surface area contributed by atoms with Crippen molar-refractivity contribution in [3.63, 3.8) is 0 Å². The van der Waals surface area contributed by atoms with Gasteiger partial charge in [-0.3, -0.25) is 19.7 Å². The molecular weight excluding hydrogens is 450 g/mol. The average Bonchev–Trinajstić information content (AvgIpc) is 3.26. The molecule has 0 saturated carbocycles. The van der Waals surface area contributed by atoms with Gasteiger partial charge < -0.3 is 9.73 Å².